The van der Waals surface area contributed by atoms with Crippen molar-refractivity contribution in [3.63, 3.8) is 0 Å². The number of piperidine rings is 1. The number of likely N-dealkylation sites (tertiary alicyclic amines) is 1. The molecule has 0 radical (unpaired) electrons. The summed E-state index contributed by atoms with van der Waals surface area (Å²) in [5.74, 6) is -0.100. The largest absolute Gasteiger partial charge is 0.342 e. The molecule has 0 spiro atoms. The van der Waals surface area contributed by atoms with E-state index >= 15 is 0 Å². The van der Waals surface area contributed by atoms with Crippen molar-refractivity contribution >= 4 is 23.2 Å². The number of nitrogens with one attached hydrogen (secondary N) is 1. The van der Waals surface area contributed by atoms with Crippen LogP contribution in [-0.4, -0.2) is 54.2 Å². The van der Waals surface area contributed by atoms with Crippen LogP contribution >= 0.6 is 11.6 Å². The molecule has 0 bridgehead atoms. The lowest BCUT2D eigenvalue weighted by atomic mass is 10.00. The van der Waals surface area contributed by atoms with Gasteiger partial charge in [0.25, 0.3) is 5.56 Å². The van der Waals surface area contributed by atoms with E-state index in [0.717, 1.165) is 18.4 Å². The van der Waals surface area contributed by atoms with Crippen LogP contribution in [0.2, 0.25) is 0 Å². The van der Waals surface area contributed by atoms with Crippen molar-refractivity contribution in [2.45, 2.75) is 38.6 Å². The molecule has 4 rings (SSSR count). The number of alkyl halides is 1. The predicted octanol–water partition coefficient (Wildman–Crippen LogP) is 2.28. The molecule has 0 saturated carbocycles. The summed E-state index contributed by atoms with van der Waals surface area (Å²) in [6, 6.07) is 2.22. The number of aromatic nitrogens is 5. The van der Waals surface area contributed by atoms with Gasteiger partial charge in [-0.3, -0.25) is 19.4 Å². The van der Waals surface area contributed by atoms with Crippen molar-refractivity contribution in [2.75, 3.05) is 19.0 Å². The van der Waals surface area contributed by atoms with Gasteiger partial charge in [-0.15, -0.1) is 11.6 Å². The molecule has 1 amide bonds. The average molecular weight is 428 g/mol. The maximum atomic E-state index is 13.0. The Kier molecular flexibility index (Phi) is 5.35. The molecule has 10 heteroatoms. The van der Waals surface area contributed by atoms with E-state index < -0.39 is 0 Å². The van der Waals surface area contributed by atoms with Crippen LogP contribution in [0, 0.1) is 11.3 Å². The number of rotatable bonds is 4. The van der Waals surface area contributed by atoms with Crippen LogP contribution in [-0.2, 0) is 4.79 Å². The first-order valence-corrected chi connectivity index (χ1v) is 10.4. The number of carbonyl (C=O) groups is 1. The number of nitriles is 1. The van der Waals surface area contributed by atoms with Crippen LogP contribution in [0.3, 0.4) is 0 Å². The minimum Gasteiger partial charge on any atom is -0.342 e. The maximum Gasteiger partial charge on any atom is 0.276 e. The normalized spacial score (nSPS) is 15.1. The minimum atomic E-state index is -0.216. The molecule has 156 valence electrons. The second-order valence-electron chi connectivity index (χ2n) is 7.75. The van der Waals surface area contributed by atoms with Crippen molar-refractivity contribution in [1.29, 1.82) is 5.26 Å². The molecule has 30 heavy (non-hydrogen) atoms. The Morgan fingerprint density at radius 2 is 2.13 bits per heavy atom. The molecule has 4 heterocycles. The number of aromatic amines is 1. The third-order valence-electron chi connectivity index (χ3n) is 5.58. The van der Waals surface area contributed by atoms with Crippen molar-refractivity contribution in [3.05, 3.63) is 40.1 Å². The van der Waals surface area contributed by atoms with Crippen molar-refractivity contribution in [1.82, 2.24) is 29.3 Å². The topological polar surface area (TPSA) is 112 Å². The zero-order chi connectivity index (χ0) is 21.4. The van der Waals surface area contributed by atoms with Gasteiger partial charge in [0.2, 0.25) is 5.91 Å². The molecule has 0 aromatic carbocycles. The number of fused-ring (bicyclic) bond motifs is 1. The highest BCUT2D eigenvalue weighted by Crippen LogP contribution is 2.28. The van der Waals surface area contributed by atoms with Gasteiger partial charge in [0, 0.05) is 36.6 Å². The zero-order valence-electron chi connectivity index (χ0n) is 16.8. The fourth-order valence-electron chi connectivity index (χ4n) is 3.98. The number of halogens is 1. The molecular formula is C20H22ClN7O2. The summed E-state index contributed by atoms with van der Waals surface area (Å²) in [4.78, 5) is 31.2. The van der Waals surface area contributed by atoms with Gasteiger partial charge >= 0.3 is 0 Å². The highest BCUT2D eigenvalue weighted by atomic mass is 35.5. The summed E-state index contributed by atoms with van der Waals surface area (Å²) >= 11 is 5.65. The second-order valence-corrected chi connectivity index (χ2v) is 8.01. The first-order chi connectivity index (χ1) is 14.4. The van der Waals surface area contributed by atoms with Crippen molar-refractivity contribution in [3.8, 4) is 17.3 Å². The molecule has 9 nitrogen and oxygen atoms in total. The number of carbonyl (C=O) groups excluding carboxylic acids is 1. The maximum absolute atomic E-state index is 13.0. The van der Waals surface area contributed by atoms with Gasteiger partial charge in [0.15, 0.2) is 5.65 Å². The third-order valence-corrected chi connectivity index (χ3v) is 5.80. The Hall–Kier alpha value is -3.12. The monoisotopic (exact) mass is 427 g/mol. The van der Waals surface area contributed by atoms with Crippen LogP contribution in [0.1, 0.15) is 49.8 Å². The van der Waals surface area contributed by atoms with E-state index in [4.69, 9.17) is 11.6 Å². The van der Waals surface area contributed by atoms with E-state index in [0.29, 0.717) is 35.6 Å². The lowest BCUT2D eigenvalue weighted by Gasteiger charge is -2.31. The Labute approximate surface area is 177 Å². The van der Waals surface area contributed by atoms with E-state index in [1.807, 2.05) is 24.7 Å². The fraction of sp³-hybridized carbons (Fsp3) is 0.450. The van der Waals surface area contributed by atoms with Gasteiger partial charge in [-0.1, -0.05) is 13.8 Å². The zero-order valence-corrected chi connectivity index (χ0v) is 17.6. The Morgan fingerprint density at radius 3 is 2.77 bits per heavy atom. The minimum absolute atomic E-state index is 0.00207. The van der Waals surface area contributed by atoms with Gasteiger partial charge in [0.05, 0.1) is 17.9 Å². The Morgan fingerprint density at radius 1 is 1.40 bits per heavy atom. The third kappa shape index (κ3) is 3.37. The molecule has 1 aliphatic rings. The van der Waals surface area contributed by atoms with Crippen LogP contribution < -0.4 is 5.56 Å². The molecule has 1 saturated heterocycles. The Bertz CT molecular complexity index is 1190. The summed E-state index contributed by atoms with van der Waals surface area (Å²) in [5, 5.41) is 16.7. The van der Waals surface area contributed by atoms with E-state index in [1.165, 1.54) is 10.7 Å². The van der Waals surface area contributed by atoms with E-state index in [9.17, 15) is 14.9 Å². The van der Waals surface area contributed by atoms with Crippen LogP contribution in [0.4, 0.5) is 0 Å². The molecule has 1 aliphatic heterocycles. The quantitative estimate of drug-likeness (QED) is 0.642. The lowest BCUT2D eigenvalue weighted by Crippen LogP contribution is -2.39. The van der Waals surface area contributed by atoms with E-state index in [2.05, 4.69) is 21.3 Å². The summed E-state index contributed by atoms with van der Waals surface area (Å²) in [7, 11) is 0. The molecule has 0 aliphatic carbocycles. The smallest absolute Gasteiger partial charge is 0.276 e. The van der Waals surface area contributed by atoms with Gasteiger partial charge in [0.1, 0.15) is 17.5 Å². The molecular weight excluding hydrogens is 406 g/mol. The second kappa shape index (κ2) is 7.95. The summed E-state index contributed by atoms with van der Waals surface area (Å²) in [6.07, 6.45) is 6.65. The molecule has 1 N–H and O–H groups in total. The molecule has 0 unspecified atom stereocenters. The van der Waals surface area contributed by atoms with E-state index in [-0.39, 0.29) is 29.3 Å². The molecule has 0 atom stereocenters. The number of amides is 1. The standard InChI is InChI=1S/C20H22ClN7O2/c1-12(2)17-18(25-19-13(8-22)9-24-28(19)20(17)30)14-10-23-27(11-14)15-3-5-26(6-4-15)16(29)7-21/h9-12,15,24H,3-7H2,1-2H3. The van der Waals surface area contributed by atoms with Gasteiger partial charge in [-0.25, -0.2) is 9.50 Å². The SMILES string of the molecule is CC(C)c1c(-c2cnn(C3CCN(C(=O)CCl)CC3)c2)nc2c(C#N)c[nH]n2c1=O. The highest BCUT2D eigenvalue weighted by molar-refractivity contribution is 6.27. The van der Waals surface area contributed by atoms with Crippen LogP contribution in [0.5, 0.6) is 0 Å². The fourth-order valence-corrected chi connectivity index (χ4v) is 4.14. The highest BCUT2D eigenvalue weighted by Gasteiger charge is 2.25. The van der Waals surface area contributed by atoms with Gasteiger partial charge in [-0.2, -0.15) is 10.4 Å². The number of hydrogen-bond acceptors (Lipinski definition) is 5. The molecule has 1 fully saturated rings. The van der Waals surface area contributed by atoms with Crippen molar-refractivity contribution in [2.24, 2.45) is 0 Å². The first kappa shape index (κ1) is 20.2. The summed E-state index contributed by atoms with van der Waals surface area (Å²) in [5.41, 5.74) is 2.26. The molecule has 3 aromatic rings. The number of H-pyrrole nitrogens is 1. The van der Waals surface area contributed by atoms with Gasteiger partial charge < -0.3 is 4.90 Å². The van der Waals surface area contributed by atoms with Crippen LogP contribution in [0.25, 0.3) is 16.9 Å². The van der Waals surface area contributed by atoms with Gasteiger partial charge in [-0.05, 0) is 18.8 Å². The van der Waals surface area contributed by atoms with E-state index in [1.54, 1.807) is 11.1 Å². The summed E-state index contributed by atoms with van der Waals surface area (Å²) in [6.45, 7) is 5.17. The van der Waals surface area contributed by atoms with Crippen LogP contribution in [0.15, 0.2) is 23.4 Å². The predicted molar refractivity (Wildman–Crippen MR) is 111 cm³/mol. The first-order valence-electron chi connectivity index (χ1n) is 9.87. The van der Waals surface area contributed by atoms with Crippen molar-refractivity contribution < 1.29 is 4.79 Å². The average Bonchev–Trinajstić information content (AvgIpc) is 3.40. The molecule has 3 aromatic heterocycles. The Balaban J connectivity index is 1.70. The lowest BCUT2D eigenvalue weighted by molar-refractivity contribution is -0.129. The number of hydrogen-bond donors (Lipinski definition) is 1. The summed E-state index contributed by atoms with van der Waals surface area (Å²) < 4.78 is 3.19. The number of nitrogens with zero attached hydrogens (tertiary/aromatic N) is 6.